The first-order chi connectivity index (χ1) is 9.89. The highest BCUT2D eigenvalue weighted by Gasteiger charge is 2.20. The van der Waals surface area contributed by atoms with Gasteiger partial charge in [0.15, 0.2) is 0 Å². The second-order valence-corrected chi connectivity index (χ2v) is 5.89. The molecule has 0 aliphatic heterocycles. The van der Waals surface area contributed by atoms with Crippen LogP contribution in [0.3, 0.4) is 0 Å². The first-order valence-corrected chi connectivity index (χ1v) is 6.83. The predicted octanol–water partition coefficient (Wildman–Crippen LogP) is 3.13. The Morgan fingerprint density at radius 1 is 1.43 bits per heavy atom. The number of nitrogens with one attached hydrogen (secondary N) is 2. The highest BCUT2D eigenvalue weighted by atomic mass is 16.6. The van der Waals surface area contributed by atoms with E-state index in [-0.39, 0.29) is 0 Å². The number of benzene rings is 1. The standard InChI is InChI=1S/C16H19N3O2/c1-16(2,3)21-15(20)19-12(9-17)8-11-10-18-14-7-5-4-6-13(11)14/h4-7,10,12,18H,8H2,1-3H3,(H,19,20). The molecule has 1 aromatic heterocycles. The molecule has 5 heteroatoms. The fraction of sp³-hybridized carbons (Fsp3) is 0.375. The van der Waals surface area contributed by atoms with Crippen LogP contribution in [0.1, 0.15) is 26.3 Å². The number of rotatable bonds is 3. The third kappa shape index (κ3) is 3.99. The van der Waals surface area contributed by atoms with Crippen molar-refractivity contribution >= 4 is 17.0 Å². The van der Waals surface area contributed by atoms with E-state index in [2.05, 4.69) is 16.4 Å². The molecule has 1 unspecified atom stereocenters. The molecule has 1 amide bonds. The molecule has 2 aromatic rings. The molecule has 1 atom stereocenters. The summed E-state index contributed by atoms with van der Waals surface area (Å²) >= 11 is 0. The second kappa shape index (κ2) is 5.88. The van der Waals surface area contributed by atoms with Crippen LogP contribution >= 0.6 is 0 Å². The maximum absolute atomic E-state index is 11.7. The van der Waals surface area contributed by atoms with E-state index in [0.717, 1.165) is 16.5 Å². The average Bonchev–Trinajstić information content (AvgIpc) is 2.79. The van der Waals surface area contributed by atoms with E-state index < -0.39 is 17.7 Å². The van der Waals surface area contributed by atoms with E-state index >= 15 is 0 Å². The van der Waals surface area contributed by atoms with Gasteiger partial charge in [-0.15, -0.1) is 0 Å². The first-order valence-electron chi connectivity index (χ1n) is 6.83. The summed E-state index contributed by atoms with van der Waals surface area (Å²) in [6.45, 7) is 5.36. The van der Waals surface area contributed by atoms with Gasteiger partial charge < -0.3 is 15.0 Å². The summed E-state index contributed by atoms with van der Waals surface area (Å²) in [4.78, 5) is 14.9. The lowest BCUT2D eigenvalue weighted by Gasteiger charge is -2.21. The van der Waals surface area contributed by atoms with Crippen molar-refractivity contribution in [1.29, 1.82) is 5.26 Å². The largest absolute Gasteiger partial charge is 0.444 e. The zero-order valence-corrected chi connectivity index (χ0v) is 12.4. The number of alkyl carbamates (subject to hydrolysis) is 1. The number of carbonyl (C=O) groups excluding carboxylic acids is 1. The summed E-state index contributed by atoms with van der Waals surface area (Å²) in [5, 5.41) is 12.9. The van der Waals surface area contributed by atoms with Crippen LogP contribution in [0.2, 0.25) is 0 Å². The van der Waals surface area contributed by atoms with Crippen molar-refractivity contribution in [2.75, 3.05) is 0 Å². The van der Waals surface area contributed by atoms with Crippen molar-refractivity contribution in [3.8, 4) is 6.07 Å². The Kier molecular flexibility index (Phi) is 4.18. The molecule has 0 spiro atoms. The number of aromatic amines is 1. The van der Waals surface area contributed by atoms with E-state index in [4.69, 9.17) is 4.74 Å². The van der Waals surface area contributed by atoms with Gasteiger partial charge in [0.25, 0.3) is 0 Å². The van der Waals surface area contributed by atoms with Gasteiger partial charge in [0, 0.05) is 23.5 Å². The van der Waals surface area contributed by atoms with Crippen LogP contribution < -0.4 is 5.32 Å². The Hall–Kier alpha value is -2.48. The van der Waals surface area contributed by atoms with Crippen LogP contribution in [0.5, 0.6) is 0 Å². The fourth-order valence-electron chi connectivity index (χ4n) is 2.10. The summed E-state index contributed by atoms with van der Waals surface area (Å²) in [6.07, 6.45) is 1.72. The van der Waals surface area contributed by atoms with Gasteiger partial charge >= 0.3 is 6.09 Å². The Bertz CT molecular complexity index is 677. The number of hydrogen-bond acceptors (Lipinski definition) is 3. The van der Waals surface area contributed by atoms with Crippen LogP contribution in [-0.4, -0.2) is 22.7 Å². The number of nitrogens with zero attached hydrogens (tertiary/aromatic N) is 1. The van der Waals surface area contributed by atoms with Crippen LogP contribution in [-0.2, 0) is 11.2 Å². The van der Waals surface area contributed by atoms with Gasteiger partial charge in [-0.05, 0) is 32.4 Å². The molecular formula is C16H19N3O2. The normalized spacial score (nSPS) is 12.7. The molecule has 0 fully saturated rings. The molecule has 0 saturated heterocycles. The van der Waals surface area contributed by atoms with Gasteiger partial charge in [-0.2, -0.15) is 5.26 Å². The van der Waals surface area contributed by atoms with Crippen molar-refractivity contribution < 1.29 is 9.53 Å². The van der Waals surface area contributed by atoms with Gasteiger partial charge in [-0.25, -0.2) is 4.79 Å². The van der Waals surface area contributed by atoms with Crippen LogP contribution in [0.4, 0.5) is 4.79 Å². The molecule has 0 saturated carbocycles. The van der Waals surface area contributed by atoms with Crippen LogP contribution in [0.25, 0.3) is 10.9 Å². The number of aromatic nitrogens is 1. The van der Waals surface area contributed by atoms with E-state index in [1.807, 2.05) is 30.5 Å². The number of hydrogen-bond donors (Lipinski definition) is 2. The van der Waals surface area contributed by atoms with Gasteiger partial charge in [0.1, 0.15) is 11.6 Å². The molecule has 0 radical (unpaired) electrons. The number of fused-ring (bicyclic) bond motifs is 1. The molecular weight excluding hydrogens is 266 g/mol. The number of carbonyl (C=O) groups is 1. The number of H-pyrrole nitrogens is 1. The molecule has 0 aliphatic rings. The third-order valence-corrected chi connectivity index (χ3v) is 2.95. The van der Waals surface area contributed by atoms with Crippen molar-refractivity contribution in [2.45, 2.75) is 38.8 Å². The Balaban J connectivity index is 2.06. The number of para-hydroxylation sites is 1. The number of nitriles is 1. The van der Waals surface area contributed by atoms with Gasteiger partial charge in [0.05, 0.1) is 6.07 Å². The lowest BCUT2D eigenvalue weighted by molar-refractivity contribution is 0.0516. The summed E-state index contributed by atoms with van der Waals surface area (Å²) in [6, 6.07) is 9.33. The van der Waals surface area contributed by atoms with Crippen molar-refractivity contribution in [3.63, 3.8) is 0 Å². The van der Waals surface area contributed by atoms with Gasteiger partial charge in [-0.1, -0.05) is 18.2 Å². The molecule has 5 nitrogen and oxygen atoms in total. The van der Waals surface area contributed by atoms with Crippen molar-refractivity contribution in [3.05, 3.63) is 36.0 Å². The molecule has 1 aromatic carbocycles. The lowest BCUT2D eigenvalue weighted by atomic mass is 10.1. The first kappa shape index (κ1) is 14.9. The molecule has 110 valence electrons. The zero-order valence-electron chi connectivity index (χ0n) is 12.4. The highest BCUT2D eigenvalue weighted by molar-refractivity contribution is 5.83. The maximum Gasteiger partial charge on any atom is 0.408 e. The second-order valence-electron chi connectivity index (χ2n) is 5.89. The molecule has 0 aliphatic carbocycles. The zero-order chi connectivity index (χ0) is 15.5. The molecule has 0 bridgehead atoms. The average molecular weight is 285 g/mol. The minimum Gasteiger partial charge on any atom is -0.444 e. The topological polar surface area (TPSA) is 77.9 Å². The van der Waals surface area contributed by atoms with Gasteiger partial charge in [-0.3, -0.25) is 0 Å². The summed E-state index contributed by atoms with van der Waals surface area (Å²) in [7, 11) is 0. The van der Waals surface area contributed by atoms with E-state index in [9.17, 15) is 10.1 Å². The van der Waals surface area contributed by atoms with E-state index in [1.165, 1.54) is 0 Å². The summed E-state index contributed by atoms with van der Waals surface area (Å²) < 4.78 is 5.17. The van der Waals surface area contributed by atoms with E-state index in [1.54, 1.807) is 20.8 Å². The monoisotopic (exact) mass is 285 g/mol. The lowest BCUT2D eigenvalue weighted by Crippen LogP contribution is -2.39. The molecule has 2 rings (SSSR count). The highest BCUT2D eigenvalue weighted by Crippen LogP contribution is 2.19. The summed E-state index contributed by atoms with van der Waals surface area (Å²) in [5.41, 5.74) is 1.43. The molecule has 2 N–H and O–H groups in total. The Morgan fingerprint density at radius 2 is 2.14 bits per heavy atom. The quantitative estimate of drug-likeness (QED) is 0.909. The maximum atomic E-state index is 11.7. The SMILES string of the molecule is CC(C)(C)OC(=O)NC(C#N)Cc1c[nH]c2ccccc12. The third-order valence-electron chi connectivity index (χ3n) is 2.95. The van der Waals surface area contributed by atoms with Crippen LogP contribution in [0, 0.1) is 11.3 Å². The molecule has 21 heavy (non-hydrogen) atoms. The van der Waals surface area contributed by atoms with Crippen LogP contribution in [0.15, 0.2) is 30.5 Å². The fourth-order valence-corrected chi connectivity index (χ4v) is 2.10. The Labute approximate surface area is 123 Å². The smallest absolute Gasteiger partial charge is 0.408 e. The summed E-state index contributed by atoms with van der Waals surface area (Å²) in [5.74, 6) is 0. The van der Waals surface area contributed by atoms with E-state index in [0.29, 0.717) is 6.42 Å². The van der Waals surface area contributed by atoms with Crippen molar-refractivity contribution in [2.24, 2.45) is 0 Å². The molecule has 1 heterocycles. The number of ether oxygens (including phenoxy) is 1. The minimum atomic E-state index is -0.626. The minimum absolute atomic E-state index is 0.430. The predicted molar refractivity (Wildman–Crippen MR) is 80.8 cm³/mol. The number of amides is 1. The van der Waals surface area contributed by atoms with Crippen molar-refractivity contribution in [1.82, 2.24) is 10.3 Å². The van der Waals surface area contributed by atoms with Gasteiger partial charge in [0.2, 0.25) is 0 Å². The Morgan fingerprint density at radius 3 is 2.81 bits per heavy atom.